The summed E-state index contributed by atoms with van der Waals surface area (Å²) in [4.78, 5) is 0. The molecular formula is C15H14N3O2PS. The molecule has 2 heterocycles. The number of para-hydroxylation sites is 2. The Morgan fingerprint density at radius 1 is 1.14 bits per heavy atom. The summed E-state index contributed by atoms with van der Waals surface area (Å²) in [6, 6.07) is 16.3. The lowest BCUT2D eigenvalue weighted by Gasteiger charge is -2.09. The maximum absolute atomic E-state index is 12.5. The van der Waals surface area contributed by atoms with Crippen molar-refractivity contribution in [3.8, 4) is 0 Å². The number of hydrogen-bond donors (Lipinski definition) is 1. The highest BCUT2D eigenvalue weighted by Crippen LogP contribution is 2.60. The van der Waals surface area contributed by atoms with Crippen molar-refractivity contribution in [3.05, 3.63) is 48.5 Å². The number of aromatic nitrogens is 1. The Kier molecular flexibility index (Phi) is 3.26. The first-order valence-corrected chi connectivity index (χ1v) is 10.0. The first kappa shape index (κ1) is 13.9. The van der Waals surface area contributed by atoms with Gasteiger partial charge in [-0.3, -0.25) is 9.13 Å². The molecule has 1 aromatic heterocycles. The van der Waals surface area contributed by atoms with Crippen LogP contribution in [-0.4, -0.2) is 16.3 Å². The highest BCUT2D eigenvalue weighted by Gasteiger charge is 2.34. The van der Waals surface area contributed by atoms with Gasteiger partial charge in [0.15, 0.2) is 0 Å². The third kappa shape index (κ3) is 2.07. The summed E-state index contributed by atoms with van der Waals surface area (Å²) in [5, 5.41) is 9.87. The minimum atomic E-state index is -2.98. The number of fused-ring (bicyclic) bond motifs is 3. The quantitative estimate of drug-likeness (QED) is 0.707. The van der Waals surface area contributed by atoms with Crippen LogP contribution in [0.1, 0.15) is 6.92 Å². The van der Waals surface area contributed by atoms with E-state index in [1.165, 1.54) is 0 Å². The minimum absolute atomic E-state index is 0.382. The van der Waals surface area contributed by atoms with Gasteiger partial charge in [0.25, 0.3) is 0 Å². The van der Waals surface area contributed by atoms with Crippen LogP contribution >= 0.6 is 18.1 Å². The van der Waals surface area contributed by atoms with E-state index in [9.17, 15) is 4.57 Å². The molecule has 2 aromatic carbocycles. The van der Waals surface area contributed by atoms with E-state index in [-0.39, 0.29) is 0 Å². The van der Waals surface area contributed by atoms with E-state index >= 15 is 0 Å². The fraction of sp³-hybridized carbons (Fsp3) is 0.133. The van der Waals surface area contributed by atoms with Crippen LogP contribution in [0.3, 0.4) is 0 Å². The van der Waals surface area contributed by atoms with Gasteiger partial charge in [0.2, 0.25) is 5.17 Å². The molecular weight excluding hydrogens is 317 g/mol. The average Bonchev–Trinajstić information content (AvgIpc) is 3.06. The van der Waals surface area contributed by atoms with E-state index in [0.717, 1.165) is 33.2 Å². The number of nitrogens with one attached hydrogen (secondary N) is 1. The van der Waals surface area contributed by atoms with Gasteiger partial charge in [0.1, 0.15) is 0 Å². The maximum Gasteiger partial charge on any atom is 0.374 e. The van der Waals surface area contributed by atoms with Crippen molar-refractivity contribution in [1.29, 1.82) is 0 Å². The van der Waals surface area contributed by atoms with E-state index in [1.54, 1.807) is 0 Å². The number of benzene rings is 2. The van der Waals surface area contributed by atoms with Gasteiger partial charge >= 0.3 is 6.72 Å². The van der Waals surface area contributed by atoms with Gasteiger partial charge in [-0.25, -0.2) is 5.20 Å². The highest BCUT2D eigenvalue weighted by atomic mass is 32.7. The van der Waals surface area contributed by atoms with Gasteiger partial charge in [-0.05, 0) is 19.1 Å². The van der Waals surface area contributed by atoms with Crippen molar-refractivity contribution in [3.63, 3.8) is 0 Å². The zero-order valence-electron chi connectivity index (χ0n) is 11.9. The Morgan fingerprint density at radius 3 is 2.32 bits per heavy atom. The minimum Gasteiger partial charge on any atom is -0.305 e. The second-order valence-electron chi connectivity index (χ2n) is 4.87. The van der Waals surface area contributed by atoms with E-state index in [4.69, 9.17) is 4.52 Å². The Labute approximate surface area is 131 Å². The number of rotatable bonds is 2. The van der Waals surface area contributed by atoms with Crippen molar-refractivity contribution in [2.24, 2.45) is 5.10 Å². The summed E-state index contributed by atoms with van der Waals surface area (Å²) < 4.78 is 19.8. The van der Waals surface area contributed by atoms with Crippen LogP contribution in [0, 0.1) is 0 Å². The summed E-state index contributed by atoms with van der Waals surface area (Å²) in [7, 11) is 0. The van der Waals surface area contributed by atoms with Gasteiger partial charge in [-0.2, -0.15) is 0 Å². The van der Waals surface area contributed by atoms with Crippen molar-refractivity contribution in [2.75, 3.05) is 6.61 Å². The number of hydrazone groups is 1. The standard InChI is InChI=1S/C15H14N3O2PS/c1-2-20-21(19)17-16-15(22-21)18-13-9-5-3-7-11(13)12-8-4-6-10-14(12)18/h3-10H,2H2,1H3,(H,17,19). The normalized spacial score (nSPS) is 21.2. The Balaban J connectivity index is 1.93. The zero-order valence-corrected chi connectivity index (χ0v) is 13.6. The number of hydrogen-bond acceptors (Lipinski definition) is 4. The molecule has 7 heteroatoms. The molecule has 1 unspecified atom stereocenters. The summed E-state index contributed by atoms with van der Waals surface area (Å²) in [5.41, 5.74) is 2.09. The van der Waals surface area contributed by atoms with Crippen LogP contribution in [0.2, 0.25) is 0 Å². The maximum atomic E-state index is 12.5. The van der Waals surface area contributed by atoms with E-state index in [0.29, 0.717) is 11.8 Å². The zero-order chi connectivity index (χ0) is 15.2. The molecule has 0 amide bonds. The van der Waals surface area contributed by atoms with Gasteiger partial charge in [-0.1, -0.05) is 36.4 Å². The summed E-state index contributed by atoms with van der Waals surface area (Å²) in [6.45, 7) is -0.779. The second kappa shape index (κ2) is 5.16. The van der Waals surface area contributed by atoms with Crippen molar-refractivity contribution >= 4 is 45.1 Å². The molecule has 0 radical (unpaired) electrons. The molecule has 4 rings (SSSR count). The molecule has 0 saturated heterocycles. The second-order valence-corrected chi connectivity index (χ2v) is 8.86. The Hall–Kier alpha value is -1.75. The smallest absolute Gasteiger partial charge is 0.305 e. The fourth-order valence-corrected chi connectivity index (χ4v) is 5.78. The molecule has 22 heavy (non-hydrogen) atoms. The van der Waals surface area contributed by atoms with Crippen LogP contribution < -0.4 is 5.20 Å². The lowest BCUT2D eigenvalue weighted by molar-refractivity contribution is 0.339. The molecule has 0 spiro atoms. The van der Waals surface area contributed by atoms with Crippen LogP contribution in [0.15, 0.2) is 53.6 Å². The van der Waals surface area contributed by atoms with Crippen LogP contribution in [0.5, 0.6) is 0 Å². The molecule has 0 fully saturated rings. The molecule has 1 aliphatic rings. The Morgan fingerprint density at radius 2 is 1.73 bits per heavy atom. The largest absolute Gasteiger partial charge is 0.374 e. The molecule has 1 N–H and O–H groups in total. The van der Waals surface area contributed by atoms with Gasteiger partial charge in [0.05, 0.1) is 17.6 Å². The monoisotopic (exact) mass is 331 g/mol. The molecule has 0 aliphatic carbocycles. The van der Waals surface area contributed by atoms with Crippen molar-refractivity contribution in [2.45, 2.75) is 6.92 Å². The fourth-order valence-electron chi connectivity index (χ4n) is 2.70. The summed E-state index contributed by atoms with van der Waals surface area (Å²) in [5.74, 6) is 0. The average molecular weight is 331 g/mol. The third-order valence-electron chi connectivity index (χ3n) is 3.54. The van der Waals surface area contributed by atoms with Gasteiger partial charge in [-0.15, -0.1) is 5.10 Å². The molecule has 5 nitrogen and oxygen atoms in total. The summed E-state index contributed by atoms with van der Waals surface area (Å²) >= 11 is 1.16. The predicted molar refractivity (Wildman–Crippen MR) is 92.2 cm³/mol. The van der Waals surface area contributed by atoms with E-state index < -0.39 is 6.72 Å². The van der Waals surface area contributed by atoms with Crippen LogP contribution in [-0.2, 0) is 9.09 Å². The van der Waals surface area contributed by atoms with E-state index in [2.05, 4.69) is 22.4 Å². The lowest BCUT2D eigenvalue weighted by Crippen LogP contribution is -2.04. The molecule has 0 bridgehead atoms. The molecule has 112 valence electrons. The highest BCUT2D eigenvalue weighted by molar-refractivity contribution is 8.63. The topological polar surface area (TPSA) is 55.6 Å². The van der Waals surface area contributed by atoms with Crippen molar-refractivity contribution in [1.82, 2.24) is 9.76 Å². The summed E-state index contributed by atoms with van der Waals surface area (Å²) in [6.07, 6.45) is 0. The first-order valence-electron chi connectivity index (χ1n) is 6.99. The predicted octanol–water partition coefficient (Wildman–Crippen LogP) is 4.39. The van der Waals surface area contributed by atoms with Crippen LogP contribution in [0.4, 0.5) is 0 Å². The van der Waals surface area contributed by atoms with Gasteiger partial charge < -0.3 is 4.52 Å². The van der Waals surface area contributed by atoms with Crippen molar-refractivity contribution < 1.29 is 9.09 Å². The van der Waals surface area contributed by atoms with Gasteiger partial charge in [0, 0.05) is 22.2 Å². The SMILES string of the molecule is CCOP1(=O)NN=C(n2c3ccccc3c3ccccc32)S1. The lowest BCUT2D eigenvalue weighted by atomic mass is 10.2. The third-order valence-corrected chi connectivity index (χ3v) is 6.93. The molecule has 3 aromatic rings. The van der Waals surface area contributed by atoms with E-state index in [1.807, 2.05) is 47.9 Å². The molecule has 0 saturated carbocycles. The Bertz CT molecular complexity index is 897. The molecule has 1 aliphatic heterocycles. The first-order chi connectivity index (χ1) is 10.7. The molecule has 1 atom stereocenters. The van der Waals surface area contributed by atoms with Crippen LogP contribution in [0.25, 0.3) is 21.8 Å². The number of nitrogens with zero attached hydrogens (tertiary/aromatic N) is 2.